The van der Waals surface area contributed by atoms with Crippen LogP contribution in [0.15, 0.2) is 53.3 Å². The summed E-state index contributed by atoms with van der Waals surface area (Å²) in [6.07, 6.45) is 1.50. The summed E-state index contributed by atoms with van der Waals surface area (Å²) in [5.74, 6) is -0.199. The Morgan fingerprint density at radius 3 is 2.60 bits per heavy atom. The first-order valence-electron chi connectivity index (χ1n) is 6.02. The van der Waals surface area contributed by atoms with Crippen LogP contribution >= 0.6 is 15.9 Å². The molecule has 0 aliphatic heterocycles. The minimum Gasteiger partial charge on any atom is -0.321 e. The lowest BCUT2D eigenvalue weighted by molar-refractivity contribution is 0.0764. The van der Waals surface area contributed by atoms with Gasteiger partial charge in [-0.2, -0.15) is 5.26 Å². The molecule has 100 valence electrons. The Bertz CT molecular complexity index is 620. The fraction of sp³-hybridized carbons (Fsp3) is 0.133. The van der Waals surface area contributed by atoms with E-state index in [1.807, 2.05) is 36.4 Å². The molecule has 0 saturated heterocycles. The van der Waals surface area contributed by atoms with Crippen LogP contribution in [0.2, 0.25) is 0 Å². The number of amides is 1. The summed E-state index contributed by atoms with van der Waals surface area (Å²) in [4.78, 5) is 17.9. The van der Waals surface area contributed by atoms with Gasteiger partial charge in [-0.3, -0.25) is 4.79 Å². The Kier molecular flexibility index (Phi) is 4.85. The Labute approximate surface area is 125 Å². The van der Waals surface area contributed by atoms with Gasteiger partial charge in [0.15, 0.2) is 0 Å². The molecule has 1 aromatic carbocycles. The number of hydrogen-bond donors (Lipinski definition) is 0. The second-order valence-corrected chi connectivity index (χ2v) is 4.99. The zero-order valence-corrected chi connectivity index (χ0v) is 12.2. The third-order valence-corrected chi connectivity index (χ3v) is 3.21. The second-order valence-electron chi connectivity index (χ2n) is 4.17. The third kappa shape index (κ3) is 3.65. The largest absolute Gasteiger partial charge is 0.321 e. The molecule has 5 heteroatoms. The molecule has 0 saturated carbocycles. The van der Waals surface area contributed by atoms with E-state index in [1.54, 1.807) is 12.1 Å². The molecule has 1 heterocycles. The molecule has 4 nitrogen and oxygen atoms in total. The van der Waals surface area contributed by atoms with E-state index in [0.717, 1.165) is 5.56 Å². The van der Waals surface area contributed by atoms with E-state index >= 15 is 0 Å². The summed E-state index contributed by atoms with van der Waals surface area (Å²) in [5, 5.41) is 8.89. The molecule has 0 atom stereocenters. The van der Waals surface area contributed by atoms with Crippen molar-refractivity contribution in [2.75, 3.05) is 6.54 Å². The van der Waals surface area contributed by atoms with E-state index in [2.05, 4.69) is 20.9 Å². The summed E-state index contributed by atoms with van der Waals surface area (Å²) in [6.45, 7) is 0.451. The van der Waals surface area contributed by atoms with Crippen molar-refractivity contribution in [1.29, 1.82) is 5.26 Å². The first-order chi connectivity index (χ1) is 9.70. The number of carbonyl (C=O) groups excluding carboxylic acids is 1. The number of halogens is 1. The van der Waals surface area contributed by atoms with Crippen molar-refractivity contribution < 1.29 is 4.79 Å². The zero-order valence-electron chi connectivity index (χ0n) is 10.7. The number of nitriles is 1. The molecule has 1 aromatic heterocycles. The zero-order chi connectivity index (χ0) is 14.4. The average molecular weight is 330 g/mol. The van der Waals surface area contributed by atoms with Crippen LogP contribution < -0.4 is 0 Å². The summed E-state index contributed by atoms with van der Waals surface area (Å²) >= 11 is 3.23. The number of rotatable bonds is 4. The molecule has 2 rings (SSSR count). The molecule has 0 aliphatic rings. The van der Waals surface area contributed by atoms with Crippen LogP contribution in [0, 0.1) is 11.3 Å². The van der Waals surface area contributed by atoms with Crippen LogP contribution in [0.5, 0.6) is 0 Å². The van der Waals surface area contributed by atoms with Gasteiger partial charge in [0.25, 0.3) is 5.91 Å². The van der Waals surface area contributed by atoms with Gasteiger partial charge in [-0.1, -0.05) is 30.3 Å². The number of aromatic nitrogens is 1. The summed E-state index contributed by atoms with van der Waals surface area (Å²) in [5.41, 5.74) is 1.46. The Morgan fingerprint density at radius 1 is 1.25 bits per heavy atom. The van der Waals surface area contributed by atoms with E-state index in [0.29, 0.717) is 16.7 Å². The molecule has 0 N–H and O–H groups in total. The minimum atomic E-state index is -0.199. The lowest BCUT2D eigenvalue weighted by Crippen LogP contribution is -2.31. The molecule has 20 heavy (non-hydrogen) atoms. The predicted molar refractivity (Wildman–Crippen MR) is 78.7 cm³/mol. The first-order valence-corrected chi connectivity index (χ1v) is 6.81. The van der Waals surface area contributed by atoms with Crippen LogP contribution in [-0.2, 0) is 6.54 Å². The summed E-state index contributed by atoms with van der Waals surface area (Å²) < 4.78 is 0.670. The normalized spacial score (nSPS) is 9.80. The number of hydrogen-bond acceptors (Lipinski definition) is 3. The first kappa shape index (κ1) is 14.2. The van der Waals surface area contributed by atoms with Crippen molar-refractivity contribution in [2.45, 2.75) is 6.54 Å². The van der Waals surface area contributed by atoms with Crippen molar-refractivity contribution in [3.05, 3.63) is 64.4 Å². The average Bonchev–Trinajstić information content (AvgIpc) is 2.48. The van der Waals surface area contributed by atoms with Crippen LogP contribution in [0.25, 0.3) is 0 Å². The van der Waals surface area contributed by atoms with Crippen molar-refractivity contribution in [1.82, 2.24) is 9.88 Å². The quantitative estimate of drug-likeness (QED) is 0.640. The number of pyridine rings is 1. The van der Waals surface area contributed by atoms with Crippen molar-refractivity contribution in [3.63, 3.8) is 0 Å². The summed E-state index contributed by atoms with van der Waals surface area (Å²) in [6, 6.07) is 15.0. The second kappa shape index (κ2) is 6.83. The molecule has 0 radical (unpaired) electrons. The Hall–Kier alpha value is -2.19. The van der Waals surface area contributed by atoms with E-state index in [-0.39, 0.29) is 12.5 Å². The topological polar surface area (TPSA) is 57.0 Å². The van der Waals surface area contributed by atoms with Crippen molar-refractivity contribution in [3.8, 4) is 6.07 Å². The molecule has 2 aromatic rings. The third-order valence-electron chi connectivity index (χ3n) is 2.74. The monoisotopic (exact) mass is 329 g/mol. The lowest BCUT2D eigenvalue weighted by atomic mass is 10.2. The van der Waals surface area contributed by atoms with Gasteiger partial charge in [0.1, 0.15) is 11.1 Å². The maximum absolute atomic E-state index is 12.4. The molecule has 0 fully saturated rings. The van der Waals surface area contributed by atoms with Crippen LogP contribution in [-0.4, -0.2) is 22.3 Å². The van der Waals surface area contributed by atoms with Crippen molar-refractivity contribution in [2.24, 2.45) is 0 Å². The smallest absolute Gasteiger partial charge is 0.256 e. The van der Waals surface area contributed by atoms with E-state index in [4.69, 9.17) is 5.26 Å². The number of nitrogens with zero attached hydrogens (tertiary/aromatic N) is 3. The van der Waals surface area contributed by atoms with Crippen LogP contribution in [0.1, 0.15) is 15.9 Å². The van der Waals surface area contributed by atoms with Gasteiger partial charge in [0.2, 0.25) is 0 Å². The summed E-state index contributed by atoms with van der Waals surface area (Å²) in [7, 11) is 0. The molecule has 1 amide bonds. The highest BCUT2D eigenvalue weighted by molar-refractivity contribution is 9.10. The SMILES string of the molecule is N#CCN(Cc1ccccc1)C(=O)c1ccc(Br)nc1. The molecular formula is C15H12BrN3O. The highest BCUT2D eigenvalue weighted by Gasteiger charge is 2.16. The standard InChI is InChI=1S/C15H12BrN3O/c16-14-7-6-13(10-18-14)15(20)19(9-8-17)11-12-4-2-1-3-5-12/h1-7,10H,9,11H2. The molecular weight excluding hydrogens is 318 g/mol. The predicted octanol–water partition coefficient (Wildman–Crippen LogP) is 3.01. The van der Waals surface area contributed by atoms with E-state index in [1.165, 1.54) is 11.1 Å². The molecule has 0 bridgehead atoms. The fourth-order valence-corrected chi connectivity index (χ4v) is 2.01. The van der Waals surface area contributed by atoms with Crippen molar-refractivity contribution >= 4 is 21.8 Å². The van der Waals surface area contributed by atoms with Gasteiger partial charge in [-0.05, 0) is 33.6 Å². The fourth-order valence-electron chi connectivity index (χ4n) is 1.77. The highest BCUT2D eigenvalue weighted by Crippen LogP contribution is 2.11. The lowest BCUT2D eigenvalue weighted by Gasteiger charge is -2.19. The van der Waals surface area contributed by atoms with Gasteiger partial charge >= 0.3 is 0 Å². The van der Waals surface area contributed by atoms with Gasteiger partial charge in [-0.25, -0.2) is 4.98 Å². The van der Waals surface area contributed by atoms with E-state index in [9.17, 15) is 4.79 Å². The number of carbonyl (C=O) groups is 1. The maximum Gasteiger partial charge on any atom is 0.256 e. The van der Waals surface area contributed by atoms with Gasteiger partial charge in [0, 0.05) is 12.7 Å². The number of benzene rings is 1. The van der Waals surface area contributed by atoms with Gasteiger partial charge in [0.05, 0.1) is 11.6 Å². The Morgan fingerprint density at radius 2 is 2.00 bits per heavy atom. The molecule has 0 spiro atoms. The van der Waals surface area contributed by atoms with Gasteiger partial charge in [-0.15, -0.1) is 0 Å². The Balaban J connectivity index is 2.18. The molecule has 0 unspecified atom stereocenters. The van der Waals surface area contributed by atoms with Crippen LogP contribution in [0.3, 0.4) is 0 Å². The van der Waals surface area contributed by atoms with Gasteiger partial charge < -0.3 is 4.90 Å². The molecule has 0 aliphatic carbocycles. The van der Waals surface area contributed by atoms with Crippen LogP contribution in [0.4, 0.5) is 0 Å². The maximum atomic E-state index is 12.4. The van der Waals surface area contributed by atoms with E-state index < -0.39 is 0 Å². The highest BCUT2D eigenvalue weighted by atomic mass is 79.9. The minimum absolute atomic E-state index is 0.0454.